The largest absolute Gasteiger partial charge is 0.502 e. The van der Waals surface area contributed by atoms with Crippen LogP contribution < -0.4 is 0 Å². The maximum atomic E-state index is 13.0. The summed E-state index contributed by atoms with van der Waals surface area (Å²) in [6.07, 6.45) is 0. The quantitative estimate of drug-likeness (QED) is 0.831. The molecule has 2 amide bonds. The lowest BCUT2D eigenvalue weighted by Crippen LogP contribution is -2.43. The second-order valence-electron chi connectivity index (χ2n) is 5.45. The molecule has 1 N–H and O–H groups in total. The van der Waals surface area contributed by atoms with Gasteiger partial charge in [-0.25, -0.2) is 4.39 Å². The zero-order chi connectivity index (χ0) is 16.4. The molecule has 1 fully saturated rings. The first-order valence-electron chi connectivity index (χ1n) is 7.43. The topological polar surface area (TPSA) is 70.1 Å². The molecule has 0 atom stereocenters. The van der Waals surface area contributed by atoms with E-state index in [1.54, 1.807) is 0 Å². The fourth-order valence-corrected chi connectivity index (χ4v) is 2.71. The van der Waals surface area contributed by atoms with Crippen LogP contribution in [0, 0.1) is 5.82 Å². The van der Waals surface area contributed by atoms with Crippen LogP contribution in [0.2, 0.25) is 0 Å². The number of hydrogen-bond acceptors (Lipinski definition) is 5. The van der Waals surface area contributed by atoms with Crippen molar-refractivity contribution in [3.8, 4) is 0 Å². The molecule has 0 aliphatic carbocycles. The minimum atomic E-state index is -0.706. The van der Waals surface area contributed by atoms with E-state index >= 15 is 0 Å². The van der Waals surface area contributed by atoms with Crippen LogP contribution in [0.15, 0.2) is 30.0 Å². The fourth-order valence-electron chi connectivity index (χ4n) is 2.71. The number of benzene rings is 1. The monoisotopic (exact) mass is 320 g/mol. The van der Waals surface area contributed by atoms with Crippen LogP contribution in [-0.4, -0.2) is 66.1 Å². The number of carbonyl (C=O) groups is 2. The summed E-state index contributed by atoms with van der Waals surface area (Å²) in [5.41, 5.74) is 0.258. The molecule has 0 bridgehead atoms. The van der Waals surface area contributed by atoms with E-state index in [9.17, 15) is 19.1 Å². The van der Waals surface area contributed by atoms with Gasteiger partial charge in [0.05, 0.1) is 18.8 Å². The average Bonchev–Trinajstić information content (AvgIpc) is 2.78. The molecular formula is C16H17FN2O4. The highest BCUT2D eigenvalue weighted by Crippen LogP contribution is 2.27. The number of amides is 2. The minimum absolute atomic E-state index is 0.0722. The number of aliphatic hydroxyl groups excluding tert-OH is 1. The summed E-state index contributed by atoms with van der Waals surface area (Å²) in [6.45, 7) is 3.50. The fraction of sp³-hybridized carbons (Fsp3) is 0.375. The van der Waals surface area contributed by atoms with Gasteiger partial charge in [-0.1, -0.05) is 12.1 Å². The van der Waals surface area contributed by atoms with Crippen LogP contribution >= 0.6 is 0 Å². The molecule has 0 unspecified atom stereocenters. The van der Waals surface area contributed by atoms with Crippen molar-refractivity contribution >= 4 is 17.4 Å². The SMILES string of the molecule is O=C1C(O)=C(c2ccc(F)cc2)C(=O)N1CCN1CCOCC1. The zero-order valence-electron chi connectivity index (χ0n) is 12.5. The summed E-state index contributed by atoms with van der Waals surface area (Å²) in [4.78, 5) is 27.7. The molecule has 1 aromatic carbocycles. The Bertz CT molecular complexity index is 651. The van der Waals surface area contributed by atoms with Crippen LogP contribution in [0.4, 0.5) is 4.39 Å². The lowest BCUT2D eigenvalue weighted by Gasteiger charge is -2.28. The number of hydrogen-bond donors (Lipinski definition) is 1. The molecule has 2 aliphatic rings. The first kappa shape index (κ1) is 15.6. The van der Waals surface area contributed by atoms with E-state index in [1.807, 2.05) is 0 Å². The summed E-state index contributed by atoms with van der Waals surface area (Å²) in [6, 6.07) is 5.11. The predicted octanol–water partition coefficient (Wildman–Crippen LogP) is 0.796. The summed E-state index contributed by atoms with van der Waals surface area (Å²) >= 11 is 0. The maximum Gasteiger partial charge on any atom is 0.296 e. The van der Waals surface area contributed by atoms with Crippen molar-refractivity contribution in [1.29, 1.82) is 0 Å². The van der Waals surface area contributed by atoms with E-state index in [4.69, 9.17) is 4.74 Å². The Morgan fingerprint density at radius 2 is 1.70 bits per heavy atom. The Balaban J connectivity index is 1.72. The average molecular weight is 320 g/mol. The standard InChI is InChI=1S/C16H17FN2O4/c17-12-3-1-11(2-4-12)13-14(20)16(22)19(15(13)21)6-5-18-7-9-23-10-8-18/h1-4,20H,5-10H2. The smallest absolute Gasteiger partial charge is 0.296 e. The number of morpholine rings is 1. The highest BCUT2D eigenvalue weighted by molar-refractivity contribution is 6.34. The van der Waals surface area contributed by atoms with Gasteiger partial charge in [0.1, 0.15) is 5.82 Å². The van der Waals surface area contributed by atoms with Gasteiger partial charge in [-0.05, 0) is 17.7 Å². The Morgan fingerprint density at radius 1 is 1.04 bits per heavy atom. The van der Waals surface area contributed by atoms with Gasteiger partial charge in [0.15, 0.2) is 5.76 Å². The molecule has 1 saturated heterocycles. The molecule has 0 radical (unpaired) electrons. The van der Waals surface area contributed by atoms with Crippen LogP contribution in [0.25, 0.3) is 5.57 Å². The predicted molar refractivity (Wildman–Crippen MR) is 79.9 cm³/mol. The number of rotatable bonds is 4. The Kier molecular flexibility index (Phi) is 4.40. The van der Waals surface area contributed by atoms with E-state index in [1.165, 1.54) is 24.3 Å². The Labute approximate surface area is 132 Å². The van der Waals surface area contributed by atoms with Crippen molar-refractivity contribution < 1.29 is 23.8 Å². The third-order valence-electron chi connectivity index (χ3n) is 4.02. The third kappa shape index (κ3) is 3.11. The van der Waals surface area contributed by atoms with Crippen LogP contribution in [0.3, 0.4) is 0 Å². The second kappa shape index (κ2) is 6.47. The molecular weight excluding hydrogens is 303 g/mol. The molecule has 3 rings (SSSR count). The van der Waals surface area contributed by atoms with Crippen molar-refractivity contribution in [3.63, 3.8) is 0 Å². The molecule has 1 aromatic rings. The molecule has 23 heavy (non-hydrogen) atoms. The Hall–Kier alpha value is -2.25. The number of halogens is 1. The molecule has 6 nitrogen and oxygen atoms in total. The molecule has 122 valence electrons. The van der Waals surface area contributed by atoms with E-state index in [0.717, 1.165) is 18.0 Å². The van der Waals surface area contributed by atoms with E-state index in [-0.39, 0.29) is 12.1 Å². The first-order valence-corrected chi connectivity index (χ1v) is 7.43. The van der Waals surface area contributed by atoms with E-state index in [2.05, 4.69) is 4.90 Å². The number of nitrogens with zero attached hydrogens (tertiary/aromatic N) is 2. The van der Waals surface area contributed by atoms with Gasteiger partial charge >= 0.3 is 0 Å². The lowest BCUT2D eigenvalue weighted by atomic mass is 10.1. The zero-order valence-corrected chi connectivity index (χ0v) is 12.5. The van der Waals surface area contributed by atoms with Crippen molar-refractivity contribution in [2.75, 3.05) is 39.4 Å². The van der Waals surface area contributed by atoms with Gasteiger partial charge < -0.3 is 9.84 Å². The summed E-state index contributed by atoms with van der Waals surface area (Å²) in [7, 11) is 0. The molecule has 0 saturated carbocycles. The van der Waals surface area contributed by atoms with Gasteiger partial charge in [-0.15, -0.1) is 0 Å². The highest BCUT2D eigenvalue weighted by Gasteiger charge is 2.39. The highest BCUT2D eigenvalue weighted by atomic mass is 19.1. The van der Waals surface area contributed by atoms with Gasteiger partial charge in [0, 0.05) is 26.2 Å². The summed E-state index contributed by atoms with van der Waals surface area (Å²) in [5, 5.41) is 10.00. The normalized spacial score (nSPS) is 19.8. The number of carbonyl (C=O) groups excluding carboxylic acids is 2. The van der Waals surface area contributed by atoms with Crippen molar-refractivity contribution in [1.82, 2.24) is 9.80 Å². The Morgan fingerprint density at radius 3 is 2.35 bits per heavy atom. The second-order valence-corrected chi connectivity index (χ2v) is 5.45. The number of ether oxygens (including phenoxy) is 1. The number of imide groups is 1. The van der Waals surface area contributed by atoms with Crippen LogP contribution in [0.1, 0.15) is 5.56 Å². The lowest BCUT2D eigenvalue weighted by molar-refractivity contribution is -0.138. The molecule has 2 heterocycles. The first-order chi connectivity index (χ1) is 11.1. The van der Waals surface area contributed by atoms with Crippen molar-refractivity contribution in [2.45, 2.75) is 0 Å². The van der Waals surface area contributed by atoms with Gasteiger partial charge in [-0.2, -0.15) is 0 Å². The molecule has 0 aromatic heterocycles. The summed E-state index contributed by atoms with van der Waals surface area (Å²) < 4.78 is 18.2. The third-order valence-corrected chi connectivity index (χ3v) is 4.02. The maximum absolute atomic E-state index is 13.0. The van der Waals surface area contributed by atoms with Gasteiger partial charge in [-0.3, -0.25) is 19.4 Å². The molecule has 0 spiro atoms. The number of aliphatic hydroxyl groups is 1. The van der Waals surface area contributed by atoms with Crippen molar-refractivity contribution in [2.24, 2.45) is 0 Å². The van der Waals surface area contributed by atoms with E-state index in [0.29, 0.717) is 25.3 Å². The van der Waals surface area contributed by atoms with Gasteiger partial charge in [0.2, 0.25) is 0 Å². The van der Waals surface area contributed by atoms with Gasteiger partial charge in [0.25, 0.3) is 11.8 Å². The molecule has 7 heteroatoms. The van der Waals surface area contributed by atoms with Crippen molar-refractivity contribution in [3.05, 3.63) is 41.4 Å². The van der Waals surface area contributed by atoms with Crippen LogP contribution in [-0.2, 0) is 14.3 Å². The van der Waals surface area contributed by atoms with Crippen LogP contribution in [0.5, 0.6) is 0 Å². The summed E-state index contributed by atoms with van der Waals surface area (Å²) in [5.74, 6) is -2.28. The van der Waals surface area contributed by atoms with E-state index < -0.39 is 23.4 Å². The molecule has 2 aliphatic heterocycles. The minimum Gasteiger partial charge on any atom is -0.502 e.